The van der Waals surface area contributed by atoms with Crippen LogP contribution in [0.3, 0.4) is 0 Å². The zero-order chi connectivity index (χ0) is 17.7. The molecule has 0 radical (unpaired) electrons. The Hall–Kier alpha value is -1.24. The van der Waals surface area contributed by atoms with Crippen LogP contribution in [0.25, 0.3) is 0 Å². The van der Waals surface area contributed by atoms with Gasteiger partial charge in [-0.1, -0.05) is 0 Å². The van der Waals surface area contributed by atoms with Gasteiger partial charge in [0, 0.05) is 38.5 Å². The van der Waals surface area contributed by atoms with Gasteiger partial charge >= 0.3 is 0 Å². The van der Waals surface area contributed by atoms with Gasteiger partial charge in [-0.3, -0.25) is 14.9 Å². The van der Waals surface area contributed by atoms with E-state index < -0.39 is 24.9 Å². The maximum atomic E-state index is 13.3. The highest BCUT2D eigenvalue weighted by Gasteiger charge is 2.59. The van der Waals surface area contributed by atoms with Gasteiger partial charge in [0.25, 0.3) is 5.92 Å². The lowest BCUT2D eigenvalue weighted by atomic mass is 9.90. The predicted molar refractivity (Wildman–Crippen MR) is 88.1 cm³/mol. The number of halogens is 2. The van der Waals surface area contributed by atoms with Crippen molar-refractivity contribution in [3.63, 3.8) is 0 Å². The Morgan fingerprint density at radius 1 is 0.880 bits per heavy atom. The molecule has 4 rings (SSSR count). The summed E-state index contributed by atoms with van der Waals surface area (Å²) in [5.74, 6) is -2.56. The molecule has 7 heteroatoms. The van der Waals surface area contributed by atoms with E-state index in [2.05, 4.69) is 5.32 Å². The number of hydrogen-bond acceptors (Lipinski definition) is 3. The first-order chi connectivity index (χ1) is 11.9. The Kier molecular flexibility index (Phi) is 4.25. The number of carbonyl (C=O) groups is 2. The van der Waals surface area contributed by atoms with Crippen LogP contribution in [0.15, 0.2) is 0 Å². The number of piperidine rings is 2. The molecule has 0 aromatic rings. The first-order valence-electron chi connectivity index (χ1n) is 9.59. The van der Waals surface area contributed by atoms with Gasteiger partial charge in [-0.25, -0.2) is 8.78 Å². The summed E-state index contributed by atoms with van der Waals surface area (Å²) in [6.45, 7) is 2.54. The molecule has 4 aliphatic rings. The molecule has 2 amide bonds. The van der Waals surface area contributed by atoms with Crippen LogP contribution in [-0.4, -0.2) is 66.3 Å². The first-order valence-corrected chi connectivity index (χ1v) is 9.59. The van der Waals surface area contributed by atoms with Gasteiger partial charge in [-0.15, -0.1) is 0 Å². The number of nitrogens with one attached hydrogen (secondary N) is 1. The molecule has 5 nitrogen and oxygen atoms in total. The quantitative estimate of drug-likeness (QED) is 0.819. The standard InChI is InChI=1S/C18H27F2N3O2/c19-18(20)11-14(21-12-18)16(25)23-8-4-17(5-9-23)10-13(17)15(24)22-6-2-1-3-7-22/h13-14,21H,1-12H2. The molecule has 0 aromatic carbocycles. The highest BCUT2D eigenvalue weighted by Crippen LogP contribution is 2.60. The molecule has 1 saturated carbocycles. The van der Waals surface area contributed by atoms with Gasteiger partial charge in [0.2, 0.25) is 11.8 Å². The lowest BCUT2D eigenvalue weighted by Crippen LogP contribution is -2.48. The van der Waals surface area contributed by atoms with E-state index >= 15 is 0 Å². The Labute approximate surface area is 147 Å². The fraction of sp³-hybridized carbons (Fsp3) is 0.889. The monoisotopic (exact) mass is 355 g/mol. The molecular weight excluding hydrogens is 328 g/mol. The minimum absolute atomic E-state index is 0.0678. The van der Waals surface area contributed by atoms with E-state index in [-0.39, 0.29) is 17.2 Å². The second-order valence-corrected chi connectivity index (χ2v) is 8.32. The third-order valence-corrected chi connectivity index (χ3v) is 6.63. The van der Waals surface area contributed by atoms with Crippen molar-refractivity contribution in [3.05, 3.63) is 0 Å². The lowest BCUT2D eigenvalue weighted by molar-refractivity contribution is -0.136. The summed E-state index contributed by atoms with van der Waals surface area (Å²) >= 11 is 0. The maximum Gasteiger partial charge on any atom is 0.262 e. The predicted octanol–water partition coefficient (Wildman–Crippen LogP) is 1.62. The van der Waals surface area contributed by atoms with E-state index in [0.717, 1.165) is 45.2 Å². The largest absolute Gasteiger partial charge is 0.342 e. The van der Waals surface area contributed by atoms with Crippen LogP contribution < -0.4 is 5.32 Å². The number of alkyl halides is 2. The number of likely N-dealkylation sites (tertiary alicyclic amines) is 2. The van der Waals surface area contributed by atoms with Crippen molar-refractivity contribution >= 4 is 11.8 Å². The summed E-state index contributed by atoms with van der Waals surface area (Å²) < 4.78 is 26.6. The normalized spacial score (nSPS) is 33.5. The third-order valence-electron chi connectivity index (χ3n) is 6.63. The molecular formula is C18H27F2N3O2. The topological polar surface area (TPSA) is 52.7 Å². The highest BCUT2D eigenvalue weighted by atomic mass is 19.3. The van der Waals surface area contributed by atoms with Crippen LogP contribution in [0.5, 0.6) is 0 Å². The minimum atomic E-state index is -2.78. The molecule has 1 N–H and O–H groups in total. The summed E-state index contributed by atoms with van der Waals surface area (Å²) in [5.41, 5.74) is 0.0678. The first kappa shape index (κ1) is 17.2. The number of carbonyl (C=O) groups excluding carboxylic acids is 2. The molecule has 25 heavy (non-hydrogen) atoms. The Morgan fingerprint density at radius 3 is 2.12 bits per heavy atom. The van der Waals surface area contributed by atoms with E-state index in [1.807, 2.05) is 4.90 Å². The smallest absolute Gasteiger partial charge is 0.262 e. The molecule has 0 aromatic heterocycles. The van der Waals surface area contributed by atoms with Gasteiger partial charge in [0.15, 0.2) is 0 Å². The van der Waals surface area contributed by atoms with Crippen molar-refractivity contribution in [1.82, 2.24) is 15.1 Å². The summed E-state index contributed by atoms with van der Waals surface area (Å²) in [7, 11) is 0. The molecule has 1 aliphatic carbocycles. The van der Waals surface area contributed by atoms with Crippen LogP contribution in [0, 0.1) is 11.3 Å². The molecule has 3 aliphatic heterocycles. The SMILES string of the molecule is O=C(C1CC(F)(F)CN1)N1CCC2(CC1)CC2C(=O)N1CCCCC1. The highest BCUT2D eigenvalue weighted by molar-refractivity contribution is 5.84. The van der Waals surface area contributed by atoms with Crippen molar-refractivity contribution < 1.29 is 18.4 Å². The summed E-state index contributed by atoms with van der Waals surface area (Å²) in [5, 5.41) is 2.65. The van der Waals surface area contributed by atoms with Crippen molar-refractivity contribution in [1.29, 1.82) is 0 Å². The Morgan fingerprint density at radius 2 is 1.52 bits per heavy atom. The van der Waals surface area contributed by atoms with Crippen molar-refractivity contribution in [3.8, 4) is 0 Å². The Bertz CT molecular complexity index is 555. The van der Waals surface area contributed by atoms with Crippen LogP contribution in [-0.2, 0) is 9.59 Å². The fourth-order valence-corrected chi connectivity index (χ4v) is 4.87. The Balaban J connectivity index is 1.29. The van der Waals surface area contributed by atoms with Crippen LogP contribution in [0.1, 0.15) is 44.9 Å². The van der Waals surface area contributed by atoms with E-state index in [1.165, 1.54) is 6.42 Å². The number of amides is 2. The molecule has 3 heterocycles. The number of hydrogen-bond donors (Lipinski definition) is 1. The van der Waals surface area contributed by atoms with E-state index in [4.69, 9.17) is 0 Å². The molecule has 1 spiro atoms. The average molecular weight is 355 g/mol. The van der Waals surface area contributed by atoms with Gasteiger partial charge < -0.3 is 9.80 Å². The van der Waals surface area contributed by atoms with Gasteiger partial charge in [-0.05, 0) is 43.9 Å². The van der Waals surface area contributed by atoms with Crippen molar-refractivity contribution in [2.45, 2.75) is 56.9 Å². The number of nitrogens with zero attached hydrogens (tertiary/aromatic N) is 2. The zero-order valence-corrected chi connectivity index (χ0v) is 14.6. The molecule has 140 valence electrons. The van der Waals surface area contributed by atoms with Gasteiger partial charge in [-0.2, -0.15) is 0 Å². The van der Waals surface area contributed by atoms with Crippen LogP contribution >= 0.6 is 0 Å². The summed E-state index contributed by atoms with van der Waals surface area (Å²) in [6.07, 6.45) is 5.61. The van der Waals surface area contributed by atoms with Gasteiger partial charge in [0.1, 0.15) is 0 Å². The van der Waals surface area contributed by atoms with E-state index in [1.54, 1.807) is 4.90 Å². The fourth-order valence-electron chi connectivity index (χ4n) is 4.87. The zero-order valence-electron chi connectivity index (χ0n) is 14.6. The van der Waals surface area contributed by atoms with E-state index in [9.17, 15) is 18.4 Å². The van der Waals surface area contributed by atoms with Crippen LogP contribution in [0.4, 0.5) is 8.78 Å². The number of rotatable bonds is 2. The molecule has 3 saturated heterocycles. The second kappa shape index (κ2) is 6.18. The average Bonchev–Trinajstić information content (AvgIpc) is 3.19. The molecule has 0 bridgehead atoms. The van der Waals surface area contributed by atoms with Gasteiger partial charge in [0.05, 0.1) is 12.6 Å². The maximum absolute atomic E-state index is 13.3. The summed E-state index contributed by atoms with van der Waals surface area (Å²) in [4.78, 5) is 28.9. The van der Waals surface area contributed by atoms with E-state index in [0.29, 0.717) is 19.0 Å². The van der Waals surface area contributed by atoms with Crippen molar-refractivity contribution in [2.24, 2.45) is 11.3 Å². The second-order valence-electron chi connectivity index (χ2n) is 8.32. The summed E-state index contributed by atoms with van der Waals surface area (Å²) in [6, 6.07) is -0.756. The molecule has 2 unspecified atom stereocenters. The van der Waals surface area contributed by atoms with Crippen molar-refractivity contribution in [2.75, 3.05) is 32.7 Å². The lowest BCUT2D eigenvalue weighted by Gasteiger charge is -2.35. The van der Waals surface area contributed by atoms with Crippen LogP contribution in [0.2, 0.25) is 0 Å². The minimum Gasteiger partial charge on any atom is -0.342 e. The molecule has 2 atom stereocenters. The molecule has 4 fully saturated rings. The third kappa shape index (κ3) is 3.27.